The van der Waals surface area contributed by atoms with E-state index in [1.54, 1.807) is 7.11 Å². The van der Waals surface area contributed by atoms with Crippen molar-refractivity contribution in [3.8, 4) is 5.88 Å². The zero-order chi connectivity index (χ0) is 11.4. The minimum atomic E-state index is 0.497. The maximum Gasteiger partial charge on any atom is 0.217 e. The van der Waals surface area contributed by atoms with Crippen molar-refractivity contribution in [3.05, 3.63) is 23.4 Å². The smallest absolute Gasteiger partial charge is 0.217 e. The molecule has 88 valence electrons. The molecule has 3 heteroatoms. The summed E-state index contributed by atoms with van der Waals surface area (Å²) in [5.41, 5.74) is 8.06. The summed E-state index contributed by atoms with van der Waals surface area (Å²) >= 11 is 0. The molecule has 3 nitrogen and oxygen atoms in total. The van der Waals surface area contributed by atoms with Crippen molar-refractivity contribution >= 4 is 0 Å². The summed E-state index contributed by atoms with van der Waals surface area (Å²) < 4.78 is 5.19. The number of rotatable bonds is 3. The van der Waals surface area contributed by atoms with Crippen LogP contribution in [0.1, 0.15) is 49.1 Å². The Kier molecular flexibility index (Phi) is 3.78. The summed E-state index contributed by atoms with van der Waals surface area (Å²) in [6, 6.07) is 2.17. The van der Waals surface area contributed by atoms with E-state index in [1.165, 1.54) is 37.7 Å². The van der Waals surface area contributed by atoms with Crippen LogP contribution in [0.25, 0.3) is 0 Å². The fourth-order valence-electron chi connectivity index (χ4n) is 2.51. The van der Waals surface area contributed by atoms with E-state index in [9.17, 15) is 0 Å². The molecule has 2 rings (SSSR count). The quantitative estimate of drug-likeness (QED) is 0.851. The third-order valence-electron chi connectivity index (χ3n) is 3.44. The zero-order valence-electron chi connectivity index (χ0n) is 9.91. The Morgan fingerprint density at radius 3 is 2.75 bits per heavy atom. The summed E-state index contributed by atoms with van der Waals surface area (Å²) in [6.45, 7) is 0.497. The Hall–Kier alpha value is -1.09. The molecule has 0 atom stereocenters. The van der Waals surface area contributed by atoms with Crippen LogP contribution in [0.15, 0.2) is 12.3 Å². The van der Waals surface area contributed by atoms with E-state index in [2.05, 4.69) is 11.1 Å². The second kappa shape index (κ2) is 5.30. The van der Waals surface area contributed by atoms with E-state index in [0.29, 0.717) is 18.3 Å². The molecule has 0 radical (unpaired) electrons. The van der Waals surface area contributed by atoms with Gasteiger partial charge in [0.1, 0.15) is 0 Å². The van der Waals surface area contributed by atoms with Crippen LogP contribution in [0.3, 0.4) is 0 Å². The molecule has 1 aliphatic carbocycles. The maximum atomic E-state index is 5.70. The van der Waals surface area contributed by atoms with Gasteiger partial charge in [-0.2, -0.15) is 0 Å². The Morgan fingerprint density at radius 2 is 2.12 bits per heavy atom. The summed E-state index contributed by atoms with van der Waals surface area (Å²) in [5.74, 6) is 1.35. The molecule has 1 aromatic heterocycles. The lowest BCUT2D eigenvalue weighted by Gasteiger charge is -2.22. The van der Waals surface area contributed by atoms with Crippen LogP contribution in [0.2, 0.25) is 0 Å². The summed E-state index contributed by atoms with van der Waals surface area (Å²) in [5, 5.41) is 0. The predicted octanol–water partition coefficient (Wildman–Crippen LogP) is 2.60. The normalized spacial score (nSPS) is 17.4. The van der Waals surface area contributed by atoms with Gasteiger partial charge in [-0.05, 0) is 30.4 Å². The van der Waals surface area contributed by atoms with Crippen LogP contribution in [0, 0.1) is 0 Å². The summed E-state index contributed by atoms with van der Waals surface area (Å²) in [6.07, 6.45) is 8.59. The number of nitrogens with zero attached hydrogens (tertiary/aromatic N) is 1. The molecule has 1 fully saturated rings. The van der Waals surface area contributed by atoms with Gasteiger partial charge < -0.3 is 10.5 Å². The molecule has 0 aliphatic heterocycles. The van der Waals surface area contributed by atoms with Gasteiger partial charge in [-0.15, -0.1) is 0 Å². The van der Waals surface area contributed by atoms with E-state index in [4.69, 9.17) is 10.5 Å². The van der Waals surface area contributed by atoms with Gasteiger partial charge in [-0.3, -0.25) is 0 Å². The highest BCUT2D eigenvalue weighted by Crippen LogP contribution is 2.33. The molecular weight excluding hydrogens is 200 g/mol. The fourth-order valence-corrected chi connectivity index (χ4v) is 2.51. The standard InChI is InChI=1S/C13H20N2O/c1-16-13-11(8-14)7-12(9-15-13)10-5-3-2-4-6-10/h7,9-10H,2-6,8,14H2,1H3. The van der Waals surface area contributed by atoms with Crippen molar-refractivity contribution in [1.82, 2.24) is 4.98 Å². The van der Waals surface area contributed by atoms with Crippen LogP contribution in [-0.4, -0.2) is 12.1 Å². The maximum absolute atomic E-state index is 5.70. The van der Waals surface area contributed by atoms with Crippen molar-refractivity contribution in [2.75, 3.05) is 7.11 Å². The number of methoxy groups -OCH3 is 1. The number of hydrogen-bond donors (Lipinski definition) is 1. The molecule has 16 heavy (non-hydrogen) atoms. The molecule has 2 N–H and O–H groups in total. The molecule has 1 heterocycles. The number of pyridine rings is 1. The molecule has 1 aromatic rings. The summed E-state index contributed by atoms with van der Waals surface area (Å²) in [4.78, 5) is 4.34. The van der Waals surface area contributed by atoms with Gasteiger partial charge in [0.2, 0.25) is 5.88 Å². The SMILES string of the molecule is COc1ncc(C2CCCCC2)cc1CN. The van der Waals surface area contributed by atoms with Gasteiger partial charge in [0.05, 0.1) is 7.11 Å². The van der Waals surface area contributed by atoms with Crippen LogP contribution >= 0.6 is 0 Å². The van der Waals surface area contributed by atoms with Crippen LogP contribution in [0.4, 0.5) is 0 Å². The van der Waals surface area contributed by atoms with Gasteiger partial charge in [0, 0.05) is 18.3 Å². The first-order valence-electron chi connectivity index (χ1n) is 6.08. The largest absolute Gasteiger partial charge is 0.481 e. The van der Waals surface area contributed by atoms with E-state index in [-0.39, 0.29) is 0 Å². The van der Waals surface area contributed by atoms with Gasteiger partial charge in [0.25, 0.3) is 0 Å². The highest BCUT2D eigenvalue weighted by atomic mass is 16.5. The van der Waals surface area contributed by atoms with Crippen molar-refractivity contribution in [2.45, 2.75) is 44.6 Å². The van der Waals surface area contributed by atoms with Crippen LogP contribution in [0.5, 0.6) is 5.88 Å². The third kappa shape index (κ3) is 2.35. The number of nitrogens with two attached hydrogens (primary N) is 1. The predicted molar refractivity (Wildman–Crippen MR) is 64.5 cm³/mol. The first-order chi connectivity index (χ1) is 7.85. The molecule has 0 aromatic carbocycles. The second-order valence-corrected chi connectivity index (χ2v) is 4.48. The molecule has 0 spiro atoms. The first-order valence-corrected chi connectivity index (χ1v) is 6.08. The first kappa shape index (κ1) is 11.4. The Balaban J connectivity index is 2.20. The highest BCUT2D eigenvalue weighted by Gasteiger charge is 2.17. The lowest BCUT2D eigenvalue weighted by Crippen LogP contribution is -2.08. The molecule has 1 saturated carbocycles. The Bertz CT molecular complexity index is 346. The van der Waals surface area contributed by atoms with E-state index in [1.807, 2.05) is 6.20 Å². The fraction of sp³-hybridized carbons (Fsp3) is 0.615. The topological polar surface area (TPSA) is 48.1 Å². The lowest BCUT2D eigenvalue weighted by molar-refractivity contribution is 0.390. The average molecular weight is 220 g/mol. The lowest BCUT2D eigenvalue weighted by atomic mass is 9.84. The average Bonchev–Trinajstić information content (AvgIpc) is 2.39. The molecule has 0 bridgehead atoms. The third-order valence-corrected chi connectivity index (χ3v) is 3.44. The zero-order valence-corrected chi connectivity index (χ0v) is 9.91. The monoisotopic (exact) mass is 220 g/mol. The highest BCUT2D eigenvalue weighted by molar-refractivity contribution is 5.31. The molecule has 0 saturated heterocycles. The van der Waals surface area contributed by atoms with Crippen molar-refractivity contribution < 1.29 is 4.74 Å². The second-order valence-electron chi connectivity index (χ2n) is 4.48. The molecule has 0 unspecified atom stereocenters. The number of ether oxygens (including phenoxy) is 1. The van der Waals surface area contributed by atoms with Gasteiger partial charge in [-0.1, -0.05) is 19.3 Å². The van der Waals surface area contributed by atoms with Crippen molar-refractivity contribution in [3.63, 3.8) is 0 Å². The van der Waals surface area contributed by atoms with Crippen LogP contribution in [-0.2, 0) is 6.54 Å². The minimum Gasteiger partial charge on any atom is -0.481 e. The van der Waals surface area contributed by atoms with Crippen LogP contribution < -0.4 is 10.5 Å². The molecule has 0 amide bonds. The summed E-state index contributed by atoms with van der Waals surface area (Å²) in [7, 11) is 1.64. The van der Waals surface area contributed by atoms with E-state index >= 15 is 0 Å². The van der Waals surface area contributed by atoms with Crippen molar-refractivity contribution in [2.24, 2.45) is 5.73 Å². The van der Waals surface area contributed by atoms with Gasteiger partial charge >= 0.3 is 0 Å². The number of aromatic nitrogens is 1. The van der Waals surface area contributed by atoms with E-state index < -0.39 is 0 Å². The number of hydrogen-bond acceptors (Lipinski definition) is 3. The minimum absolute atomic E-state index is 0.497. The molecule has 1 aliphatic rings. The Labute approximate surface area is 97.0 Å². The van der Waals surface area contributed by atoms with Gasteiger partial charge in [-0.25, -0.2) is 4.98 Å². The van der Waals surface area contributed by atoms with Crippen molar-refractivity contribution in [1.29, 1.82) is 0 Å². The van der Waals surface area contributed by atoms with E-state index in [0.717, 1.165) is 5.56 Å². The molecular formula is C13H20N2O. The Morgan fingerprint density at radius 1 is 1.38 bits per heavy atom. The van der Waals surface area contributed by atoms with Gasteiger partial charge in [0.15, 0.2) is 0 Å².